The molecule has 0 radical (unpaired) electrons. The second-order valence-corrected chi connectivity index (χ2v) is 5.02. The summed E-state index contributed by atoms with van der Waals surface area (Å²) in [7, 11) is 2.03. The Morgan fingerprint density at radius 2 is 1.81 bits per heavy atom. The monoisotopic (exact) mass is 283 g/mol. The largest absolute Gasteiger partial charge is 0.409 e. The first-order valence-corrected chi connectivity index (χ1v) is 7.01. The van der Waals surface area contributed by atoms with E-state index in [2.05, 4.69) is 41.2 Å². The highest BCUT2D eigenvalue weighted by atomic mass is 16.4. The minimum absolute atomic E-state index is 0.139. The van der Waals surface area contributed by atoms with Gasteiger partial charge in [-0.15, -0.1) is 0 Å². The van der Waals surface area contributed by atoms with Crippen LogP contribution in [-0.4, -0.2) is 18.1 Å². The molecule has 110 valence electrons. The van der Waals surface area contributed by atoms with E-state index in [9.17, 15) is 0 Å². The molecule has 0 heterocycles. The fourth-order valence-electron chi connectivity index (χ4n) is 2.29. The van der Waals surface area contributed by atoms with Crippen molar-refractivity contribution >= 4 is 11.5 Å². The molecule has 4 heteroatoms. The number of aryl methyl sites for hydroxylation is 1. The molecule has 0 bridgehead atoms. The molecule has 0 saturated heterocycles. The molecule has 0 aliphatic heterocycles. The van der Waals surface area contributed by atoms with E-state index in [-0.39, 0.29) is 5.84 Å². The highest BCUT2D eigenvalue weighted by Gasteiger charge is 2.09. The van der Waals surface area contributed by atoms with Gasteiger partial charge in [0, 0.05) is 24.8 Å². The van der Waals surface area contributed by atoms with Gasteiger partial charge in [0.05, 0.1) is 0 Å². The van der Waals surface area contributed by atoms with Crippen molar-refractivity contribution in [2.45, 2.75) is 19.9 Å². The Morgan fingerprint density at radius 1 is 1.14 bits per heavy atom. The Kier molecular flexibility index (Phi) is 4.82. The van der Waals surface area contributed by atoms with Gasteiger partial charge in [0.25, 0.3) is 0 Å². The third-order valence-electron chi connectivity index (χ3n) is 3.59. The first-order valence-electron chi connectivity index (χ1n) is 7.01. The van der Waals surface area contributed by atoms with Gasteiger partial charge in [-0.2, -0.15) is 0 Å². The van der Waals surface area contributed by atoms with Gasteiger partial charge in [-0.1, -0.05) is 48.5 Å². The van der Waals surface area contributed by atoms with Gasteiger partial charge in [0.15, 0.2) is 5.84 Å². The Bertz CT molecular complexity index is 620. The van der Waals surface area contributed by atoms with Crippen molar-refractivity contribution in [2.75, 3.05) is 11.9 Å². The number of hydrogen-bond donors (Lipinski definition) is 2. The first-order chi connectivity index (χ1) is 10.2. The molecule has 3 N–H and O–H groups in total. The molecule has 2 aromatic rings. The molecule has 4 nitrogen and oxygen atoms in total. The first kappa shape index (κ1) is 14.9. The van der Waals surface area contributed by atoms with Crippen LogP contribution in [0.15, 0.2) is 53.7 Å². The summed E-state index contributed by atoms with van der Waals surface area (Å²) in [5.74, 6) is 0.139. The van der Waals surface area contributed by atoms with Crippen LogP contribution in [0.4, 0.5) is 5.69 Å². The summed E-state index contributed by atoms with van der Waals surface area (Å²) in [5, 5.41) is 12.0. The SMILES string of the molecule is CCc1ccc(N(C)Cc2ccccc2C(N)=NO)cc1. The molecule has 0 atom stereocenters. The van der Waals surface area contributed by atoms with E-state index in [4.69, 9.17) is 10.9 Å². The standard InChI is InChI=1S/C17H21N3O/c1-3-13-8-10-15(11-9-13)20(2)12-14-6-4-5-7-16(14)17(18)19-21/h4-11,21H,3,12H2,1-2H3,(H2,18,19). The molecule has 0 fully saturated rings. The smallest absolute Gasteiger partial charge is 0.170 e. The number of nitrogens with zero attached hydrogens (tertiary/aromatic N) is 2. The Labute approximate surface area is 125 Å². The Morgan fingerprint density at radius 3 is 2.43 bits per heavy atom. The van der Waals surface area contributed by atoms with Crippen molar-refractivity contribution in [2.24, 2.45) is 10.9 Å². The molecule has 21 heavy (non-hydrogen) atoms. The van der Waals surface area contributed by atoms with Crippen molar-refractivity contribution in [3.8, 4) is 0 Å². The number of hydrogen-bond acceptors (Lipinski definition) is 3. The molecule has 0 amide bonds. The minimum atomic E-state index is 0.139. The van der Waals surface area contributed by atoms with E-state index < -0.39 is 0 Å². The molecule has 0 aromatic heterocycles. The minimum Gasteiger partial charge on any atom is -0.409 e. The van der Waals surface area contributed by atoms with Crippen LogP contribution in [0.5, 0.6) is 0 Å². The van der Waals surface area contributed by atoms with Crippen molar-refractivity contribution in [3.63, 3.8) is 0 Å². The van der Waals surface area contributed by atoms with Crippen molar-refractivity contribution in [1.82, 2.24) is 0 Å². The summed E-state index contributed by atoms with van der Waals surface area (Å²) in [6, 6.07) is 16.2. The maximum Gasteiger partial charge on any atom is 0.170 e. The van der Waals surface area contributed by atoms with Gasteiger partial charge in [-0.05, 0) is 29.7 Å². The van der Waals surface area contributed by atoms with Gasteiger partial charge in [0.1, 0.15) is 0 Å². The van der Waals surface area contributed by atoms with Crippen LogP contribution >= 0.6 is 0 Å². The van der Waals surface area contributed by atoms with Crippen LogP contribution in [0.3, 0.4) is 0 Å². The highest BCUT2D eigenvalue weighted by Crippen LogP contribution is 2.18. The van der Waals surface area contributed by atoms with E-state index in [1.165, 1.54) is 5.56 Å². The highest BCUT2D eigenvalue weighted by molar-refractivity contribution is 5.98. The van der Waals surface area contributed by atoms with E-state index >= 15 is 0 Å². The van der Waals surface area contributed by atoms with Crippen LogP contribution < -0.4 is 10.6 Å². The summed E-state index contributed by atoms with van der Waals surface area (Å²) in [6.07, 6.45) is 1.04. The predicted molar refractivity (Wildman–Crippen MR) is 86.9 cm³/mol. The van der Waals surface area contributed by atoms with Gasteiger partial charge in [-0.3, -0.25) is 0 Å². The van der Waals surface area contributed by atoms with Gasteiger partial charge >= 0.3 is 0 Å². The lowest BCUT2D eigenvalue weighted by molar-refractivity contribution is 0.318. The molecular weight excluding hydrogens is 262 g/mol. The summed E-state index contributed by atoms with van der Waals surface area (Å²) < 4.78 is 0. The molecule has 0 aliphatic rings. The van der Waals surface area contributed by atoms with E-state index in [0.29, 0.717) is 6.54 Å². The predicted octanol–water partition coefficient (Wildman–Crippen LogP) is 2.98. The molecule has 0 unspecified atom stereocenters. The van der Waals surface area contributed by atoms with Crippen LogP contribution in [0.25, 0.3) is 0 Å². The number of benzene rings is 2. The lowest BCUT2D eigenvalue weighted by Gasteiger charge is -2.21. The zero-order chi connectivity index (χ0) is 15.2. The van der Waals surface area contributed by atoms with Crippen LogP contribution in [0.1, 0.15) is 23.6 Å². The molecule has 2 rings (SSSR count). The lowest BCUT2D eigenvalue weighted by Crippen LogP contribution is -2.21. The quantitative estimate of drug-likeness (QED) is 0.384. The zero-order valence-electron chi connectivity index (χ0n) is 12.5. The number of amidine groups is 1. The maximum absolute atomic E-state index is 8.87. The average Bonchev–Trinajstić information content (AvgIpc) is 2.54. The Balaban J connectivity index is 2.21. The second kappa shape index (κ2) is 6.79. The van der Waals surface area contributed by atoms with Crippen molar-refractivity contribution < 1.29 is 5.21 Å². The number of nitrogens with two attached hydrogens (primary N) is 1. The van der Waals surface area contributed by atoms with Crippen LogP contribution in [0.2, 0.25) is 0 Å². The number of anilines is 1. The average molecular weight is 283 g/mol. The summed E-state index contributed by atoms with van der Waals surface area (Å²) in [4.78, 5) is 2.14. The van der Waals surface area contributed by atoms with Crippen LogP contribution in [-0.2, 0) is 13.0 Å². The van der Waals surface area contributed by atoms with Crippen molar-refractivity contribution in [1.29, 1.82) is 0 Å². The molecule has 2 aromatic carbocycles. The molecular formula is C17H21N3O. The fraction of sp³-hybridized carbons (Fsp3) is 0.235. The summed E-state index contributed by atoms with van der Waals surface area (Å²) in [6.45, 7) is 2.84. The van der Waals surface area contributed by atoms with Crippen LogP contribution in [0, 0.1) is 0 Å². The zero-order valence-corrected chi connectivity index (χ0v) is 12.5. The third-order valence-corrected chi connectivity index (χ3v) is 3.59. The number of oxime groups is 1. The second-order valence-electron chi connectivity index (χ2n) is 5.02. The summed E-state index contributed by atoms with van der Waals surface area (Å²) >= 11 is 0. The van der Waals surface area contributed by atoms with E-state index in [1.807, 2.05) is 31.3 Å². The molecule has 0 aliphatic carbocycles. The van der Waals surface area contributed by atoms with Gasteiger partial charge < -0.3 is 15.8 Å². The van der Waals surface area contributed by atoms with Crippen molar-refractivity contribution in [3.05, 3.63) is 65.2 Å². The van der Waals surface area contributed by atoms with Gasteiger partial charge in [0.2, 0.25) is 0 Å². The molecule has 0 saturated carbocycles. The third kappa shape index (κ3) is 3.54. The van der Waals surface area contributed by atoms with Gasteiger partial charge in [-0.25, -0.2) is 0 Å². The fourth-order valence-corrected chi connectivity index (χ4v) is 2.29. The Hall–Kier alpha value is -2.49. The van der Waals surface area contributed by atoms with E-state index in [0.717, 1.165) is 23.2 Å². The normalized spacial score (nSPS) is 11.4. The summed E-state index contributed by atoms with van der Waals surface area (Å²) in [5.41, 5.74) is 9.98. The molecule has 0 spiro atoms. The number of rotatable bonds is 5. The lowest BCUT2D eigenvalue weighted by atomic mass is 10.1. The topological polar surface area (TPSA) is 61.8 Å². The van der Waals surface area contributed by atoms with E-state index in [1.54, 1.807) is 0 Å². The maximum atomic E-state index is 8.87.